The first-order valence-electron chi connectivity index (χ1n) is 10.7. The predicted molar refractivity (Wildman–Crippen MR) is 124 cm³/mol. The Labute approximate surface area is 218 Å². The lowest BCUT2D eigenvalue weighted by molar-refractivity contribution is -0.274. The molecule has 0 saturated heterocycles. The average molecular weight is 597 g/mol. The zero-order chi connectivity index (χ0) is 29.1. The minimum absolute atomic E-state index is 0.106. The van der Waals surface area contributed by atoms with Gasteiger partial charge >= 0.3 is 12.5 Å². The maximum Gasteiger partial charge on any atom is 0.573 e. The molecular formula is C23H18F6N2O6S2. The highest BCUT2D eigenvalue weighted by molar-refractivity contribution is 7.91. The molecule has 0 radical (unpaired) electrons. The Morgan fingerprint density at radius 1 is 0.769 bits per heavy atom. The Kier molecular flexibility index (Phi) is 8.62. The predicted octanol–water partition coefficient (Wildman–Crippen LogP) is 4.15. The third-order valence-corrected chi connectivity index (χ3v) is 8.23. The summed E-state index contributed by atoms with van der Waals surface area (Å²) in [5.41, 5.74) is -1.71. The summed E-state index contributed by atoms with van der Waals surface area (Å²) >= 11 is 0. The first kappa shape index (κ1) is 29.9. The number of ether oxygens (including phenoxy) is 1. The van der Waals surface area contributed by atoms with Crippen molar-refractivity contribution in [1.29, 1.82) is 0 Å². The molecule has 3 rings (SSSR count). The average Bonchev–Trinajstić information content (AvgIpc) is 2.85. The summed E-state index contributed by atoms with van der Waals surface area (Å²) in [6, 6.07) is 11.8. The number of alkyl halides is 6. The van der Waals surface area contributed by atoms with Crippen LogP contribution in [0.15, 0.2) is 87.5 Å². The van der Waals surface area contributed by atoms with Crippen LogP contribution in [-0.4, -0.2) is 42.2 Å². The van der Waals surface area contributed by atoms with Crippen molar-refractivity contribution in [3.8, 4) is 5.75 Å². The maximum atomic E-state index is 13.6. The Balaban J connectivity index is 1.74. The van der Waals surface area contributed by atoms with Crippen molar-refractivity contribution < 1.29 is 52.7 Å². The van der Waals surface area contributed by atoms with Crippen molar-refractivity contribution >= 4 is 25.8 Å². The fourth-order valence-corrected chi connectivity index (χ4v) is 5.88. The minimum Gasteiger partial charge on any atom is -0.406 e. The van der Waals surface area contributed by atoms with Crippen molar-refractivity contribution in [3.05, 3.63) is 83.9 Å². The molecule has 8 nitrogen and oxygen atoms in total. The standard InChI is InChI=1S/C23H18F6N2O6S2/c24-22(25,26)19-11-10-18(38(33,34)17-4-2-1-3-5-17)14-20(19)39(35,36)31-13-12-30-21(32)15-6-8-16(9-7-15)37-23(27,28)29/h1-11,14,31H,12-13H2,(H,30,32). The lowest BCUT2D eigenvalue weighted by Gasteiger charge is -2.16. The number of hydrogen-bond acceptors (Lipinski definition) is 6. The molecule has 0 saturated carbocycles. The second-order valence-electron chi connectivity index (χ2n) is 7.70. The topological polar surface area (TPSA) is 119 Å². The molecule has 0 aliphatic rings. The van der Waals surface area contributed by atoms with E-state index in [2.05, 4.69) is 10.1 Å². The molecule has 210 valence electrons. The summed E-state index contributed by atoms with van der Waals surface area (Å²) in [6.07, 6.45) is -10.1. The number of carbonyl (C=O) groups excluding carboxylic acids is 1. The van der Waals surface area contributed by atoms with Crippen molar-refractivity contribution in [2.24, 2.45) is 0 Å². The Hall–Kier alpha value is -3.63. The summed E-state index contributed by atoms with van der Waals surface area (Å²) < 4.78 is 134. The van der Waals surface area contributed by atoms with Gasteiger partial charge in [-0.05, 0) is 54.6 Å². The number of rotatable bonds is 9. The number of halogens is 6. The van der Waals surface area contributed by atoms with E-state index >= 15 is 0 Å². The zero-order valence-electron chi connectivity index (χ0n) is 19.4. The lowest BCUT2D eigenvalue weighted by Crippen LogP contribution is -2.35. The van der Waals surface area contributed by atoms with Gasteiger partial charge in [0.15, 0.2) is 0 Å². The molecule has 0 aromatic heterocycles. The molecule has 0 fully saturated rings. The van der Waals surface area contributed by atoms with Gasteiger partial charge in [0, 0.05) is 18.7 Å². The van der Waals surface area contributed by atoms with E-state index in [1.54, 1.807) is 0 Å². The SMILES string of the molecule is O=C(NCCNS(=O)(=O)c1cc(S(=O)(=O)c2ccccc2)ccc1C(F)(F)F)c1ccc(OC(F)(F)F)cc1. The summed E-state index contributed by atoms with van der Waals surface area (Å²) in [5.74, 6) is -1.40. The van der Waals surface area contributed by atoms with E-state index in [9.17, 15) is 48.0 Å². The largest absolute Gasteiger partial charge is 0.573 e. The molecular weight excluding hydrogens is 578 g/mol. The number of nitrogens with one attached hydrogen (secondary N) is 2. The van der Waals surface area contributed by atoms with Crippen LogP contribution in [0, 0.1) is 0 Å². The second kappa shape index (κ2) is 11.2. The molecule has 3 aromatic carbocycles. The third-order valence-electron chi connectivity index (χ3n) is 4.96. The fourth-order valence-electron chi connectivity index (χ4n) is 3.21. The van der Waals surface area contributed by atoms with Crippen molar-refractivity contribution in [3.63, 3.8) is 0 Å². The first-order valence-corrected chi connectivity index (χ1v) is 13.6. The number of sulfonamides is 1. The molecule has 0 unspecified atom stereocenters. The number of amides is 1. The van der Waals surface area contributed by atoms with Gasteiger partial charge in [-0.3, -0.25) is 4.79 Å². The summed E-state index contributed by atoms with van der Waals surface area (Å²) in [4.78, 5) is 9.86. The van der Waals surface area contributed by atoms with Crippen molar-refractivity contribution in [1.82, 2.24) is 10.0 Å². The van der Waals surface area contributed by atoms with Crippen LogP contribution in [0.3, 0.4) is 0 Å². The molecule has 3 aromatic rings. The Bertz CT molecular complexity index is 1540. The van der Waals surface area contributed by atoms with Crippen LogP contribution in [0.5, 0.6) is 5.75 Å². The van der Waals surface area contributed by atoms with Crippen LogP contribution in [0.2, 0.25) is 0 Å². The molecule has 39 heavy (non-hydrogen) atoms. The second-order valence-corrected chi connectivity index (χ2v) is 11.4. The fraction of sp³-hybridized carbons (Fsp3) is 0.174. The molecule has 0 aliphatic carbocycles. The number of benzene rings is 3. The Morgan fingerprint density at radius 3 is 1.95 bits per heavy atom. The van der Waals surface area contributed by atoms with Crippen LogP contribution in [0.4, 0.5) is 26.3 Å². The van der Waals surface area contributed by atoms with Crippen molar-refractivity contribution in [2.45, 2.75) is 27.2 Å². The summed E-state index contributed by atoms with van der Waals surface area (Å²) in [6.45, 7) is -1.03. The van der Waals surface area contributed by atoms with Gasteiger partial charge in [-0.25, -0.2) is 21.6 Å². The van der Waals surface area contributed by atoms with Crippen LogP contribution >= 0.6 is 0 Å². The van der Waals surface area contributed by atoms with Gasteiger partial charge in [-0.2, -0.15) is 13.2 Å². The van der Waals surface area contributed by atoms with Gasteiger partial charge in [0.25, 0.3) is 5.91 Å². The first-order chi connectivity index (χ1) is 18.0. The number of carbonyl (C=O) groups is 1. The molecule has 1 amide bonds. The summed E-state index contributed by atoms with van der Waals surface area (Å²) in [5, 5.41) is 2.25. The van der Waals surface area contributed by atoms with E-state index < -0.39 is 72.5 Å². The summed E-state index contributed by atoms with van der Waals surface area (Å²) in [7, 11) is -9.29. The highest BCUT2D eigenvalue weighted by Crippen LogP contribution is 2.36. The van der Waals surface area contributed by atoms with Gasteiger partial charge < -0.3 is 10.1 Å². The smallest absolute Gasteiger partial charge is 0.406 e. The van der Waals surface area contributed by atoms with Crippen LogP contribution in [0.1, 0.15) is 15.9 Å². The van der Waals surface area contributed by atoms with E-state index in [1.165, 1.54) is 30.3 Å². The van der Waals surface area contributed by atoms with E-state index in [0.29, 0.717) is 18.2 Å². The van der Waals surface area contributed by atoms with E-state index in [1.807, 2.05) is 4.72 Å². The zero-order valence-corrected chi connectivity index (χ0v) is 21.0. The molecule has 0 heterocycles. The quantitative estimate of drug-likeness (QED) is 0.283. The van der Waals surface area contributed by atoms with Gasteiger partial charge in [0.1, 0.15) is 5.75 Å². The monoisotopic (exact) mass is 596 g/mol. The van der Waals surface area contributed by atoms with E-state index in [4.69, 9.17) is 0 Å². The lowest BCUT2D eigenvalue weighted by atomic mass is 10.2. The maximum absolute atomic E-state index is 13.6. The molecule has 16 heteroatoms. The molecule has 0 bridgehead atoms. The highest BCUT2D eigenvalue weighted by atomic mass is 32.2. The molecule has 0 spiro atoms. The van der Waals surface area contributed by atoms with Gasteiger partial charge in [-0.15, -0.1) is 13.2 Å². The van der Waals surface area contributed by atoms with Crippen LogP contribution < -0.4 is 14.8 Å². The minimum atomic E-state index is -5.14. The normalized spacial score (nSPS) is 12.7. The van der Waals surface area contributed by atoms with Crippen LogP contribution in [-0.2, 0) is 26.0 Å². The number of hydrogen-bond donors (Lipinski definition) is 2. The van der Waals surface area contributed by atoms with Gasteiger partial charge in [0.05, 0.1) is 20.2 Å². The van der Waals surface area contributed by atoms with Crippen LogP contribution in [0.25, 0.3) is 0 Å². The van der Waals surface area contributed by atoms with E-state index in [-0.39, 0.29) is 10.5 Å². The molecule has 0 aliphatic heterocycles. The highest BCUT2D eigenvalue weighted by Gasteiger charge is 2.38. The van der Waals surface area contributed by atoms with Gasteiger partial charge in [-0.1, -0.05) is 18.2 Å². The van der Waals surface area contributed by atoms with Gasteiger partial charge in [0.2, 0.25) is 19.9 Å². The molecule has 0 atom stereocenters. The van der Waals surface area contributed by atoms with Crippen molar-refractivity contribution in [2.75, 3.05) is 13.1 Å². The molecule has 2 N–H and O–H groups in total. The Morgan fingerprint density at radius 2 is 1.38 bits per heavy atom. The van der Waals surface area contributed by atoms with E-state index in [0.717, 1.165) is 24.3 Å². The third kappa shape index (κ3) is 7.70. The number of sulfone groups is 1.